The molecular weight excluding hydrogens is 271 g/mol. The van der Waals surface area contributed by atoms with Crippen molar-refractivity contribution in [1.82, 2.24) is 5.32 Å². The van der Waals surface area contributed by atoms with Crippen LogP contribution in [0.4, 0.5) is 4.39 Å². The predicted octanol–water partition coefficient (Wildman–Crippen LogP) is 1.00. The molecule has 0 spiro atoms. The number of amides is 1. The van der Waals surface area contributed by atoms with Crippen LogP contribution in [0.3, 0.4) is 0 Å². The van der Waals surface area contributed by atoms with Gasteiger partial charge in [0, 0.05) is 12.1 Å². The van der Waals surface area contributed by atoms with Crippen molar-refractivity contribution >= 4 is 15.9 Å². The van der Waals surface area contributed by atoms with E-state index in [0.29, 0.717) is 6.54 Å². The van der Waals surface area contributed by atoms with E-state index in [1.54, 1.807) is 0 Å². The highest BCUT2D eigenvalue weighted by molar-refractivity contribution is 7.89. The number of nitrogens with two attached hydrogens (primary N) is 1. The monoisotopic (exact) mass is 286 g/mol. The van der Waals surface area contributed by atoms with Gasteiger partial charge in [-0.2, -0.15) is 0 Å². The highest BCUT2D eigenvalue weighted by Crippen LogP contribution is 2.44. The molecule has 1 aliphatic rings. The van der Waals surface area contributed by atoms with Gasteiger partial charge in [-0.1, -0.05) is 6.92 Å². The fourth-order valence-electron chi connectivity index (χ4n) is 1.64. The summed E-state index contributed by atoms with van der Waals surface area (Å²) < 4.78 is 35.6. The Labute approximate surface area is 111 Å². The second kappa shape index (κ2) is 4.57. The molecule has 0 aliphatic heterocycles. The zero-order valence-electron chi connectivity index (χ0n) is 10.4. The standard InChI is InChI=1S/C12H15FN2O3S/c1-12(2-3-12)7-15-11(16)8-4-9(13)6-10(5-8)19(14,17)18/h4-6H,2-3,7H2,1H3,(H,15,16)(H2,14,17,18). The molecule has 1 fully saturated rings. The van der Waals surface area contributed by atoms with Crippen LogP contribution >= 0.6 is 0 Å². The predicted molar refractivity (Wildman–Crippen MR) is 67.4 cm³/mol. The summed E-state index contributed by atoms with van der Waals surface area (Å²) in [7, 11) is -4.03. The van der Waals surface area contributed by atoms with E-state index in [1.807, 2.05) is 6.92 Å². The lowest BCUT2D eigenvalue weighted by atomic mass is 10.1. The van der Waals surface area contributed by atoms with Gasteiger partial charge >= 0.3 is 0 Å². The van der Waals surface area contributed by atoms with E-state index in [0.717, 1.165) is 31.0 Å². The van der Waals surface area contributed by atoms with E-state index in [1.165, 1.54) is 0 Å². The van der Waals surface area contributed by atoms with Gasteiger partial charge in [-0.15, -0.1) is 0 Å². The van der Waals surface area contributed by atoms with E-state index in [9.17, 15) is 17.6 Å². The molecule has 0 bridgehead atoms. The number of carbonyl (C=O) groups is 1. The van der Waals surface area contributed by atoms with Crippen molar-refractivity contribution in [2.24, 2.45) is 10.6 Å². The SMILES string of the molecule is CC1(CNC(=O)c2cc(F)cc(S(N)(=O)=O)c2)CC1. The molecule has 1 saturated carbocycles. The van der Waals surface area contributed by atoms with Gasteiger partial charge in [-0.25, -0.2) is 17.9 Å². The molecule has 3 N–H and O–H groups in total. The second-order valence-corrected chi connectivity index (χ2v) is 6.78. The normalized spacial score (nSPS) is 17.0. The maximum atomic E-state index is 13.3. The Kier molecular flexibility index (Phi) is 3.36. The van der Waals surface area contributed by atoms with Crippen molar-refractivity contribution in [2.45, 2.75) is 24.7 Å². The van der Waals surface area contributed by atoms with E-state index >= 15 is 0 Å². The molecule has 1 amide bonds. The Balaban J connectivity index is 2.19. The lowest BCUT2D eigenvalue weighted by Gasteiger charge is -2.10. The summed E-state index contributed by atoms with van der Waals surface area (Å²) >= 11 is 0. The molecule has 2 rings (SSSR count). The van der Waals surface area contributed by atoms with Crippen molar-refractivity contribution in [2.75, 3.05) is 6.54 Å². The van der Waals surface area contributed by atoms with Crippen LogP contribution in [0.2, 0.25) is 0 Å². The van der Waals surface area contributed by atoms with Gasteiger partial charge < -0.3 is 5.32 Å². The lowest BCUT2D eigenvalue weighted by Crippen LogP contribution is -2.29. The summed E-state index contributed by atoms with van der Waals surface area (Å²) in [6.07, 6.45) is 2.08. The maximum Gasteiger partial charge on any atom is 0.251 e. The van der Waals surface area contributed by atoms with Crippen LogP contribution in [0.15, 0.2) is 23.1 Å². The molecule has 0 aromatic heterocycles. The molecular formula is C12H15FN2O3S. The number of carbonyl (C=O) groups excluding carboxylic acids is 1. The summed E-state index contributed by atoms with van der Waals surface area (Å²) in [5, 5.41) is 7.59. The Morgan fingerprint density at radius 3 is 2.58 bits per heavy atom. The number of rotatable bonds is 4. The highest BCUT2D eigenvalue weighted by Gasteiger charge is 2.37. The minimum atomic E-state index is -4.03. The average molecular weight is 286 g/mol. The van der Waals surface area contributed by atoms with Crippen LogP contribution in [0.25, 0.3) is 0 Å². The van der Waals surface area contributed by atoms with Crippen molar-refractivity contribution in [3.63, 3.8) is 0 Å². The number of hydrogen-bond acceptors (Lipinski definition) is 3. The largest absolute Gasteiger partial charge is 0.351 e. The highest BCUT2D eigenvalue weighted by atomic mass is 32.2. The van der Waals surface area contributed by atoms with Gasteiger partial charge in [0.1, 0.15) is 5.82 Å². The van der Waals surface area contributed by atoms with Crippen molar-refractivity contribution in [3.05, 3.63) is 29.6 Å². The zero-order chi connectivity index (χ0) is 14.3. The molecule has 7 heteroatoms. The number of primary sulfonamides is 1. The minimum Gasteiger partial charge on any atom is -0.351 e. The number of hydrogen-bond donors (Lipinski definition) is 2. The first-order valence-corrected chi connectivity index (χ1v) is 7.36. The van der Waals surface area contributed by atoms with Crippen molar-refractivity contribution in [1.29, 1.82) is 0 Å². The number of nitrogens with one attached hydrogen (secondary N) is 1. The smallest absolute Gasteiger partial charge is 0.251 e. The van der Waals surface area contributed by atoms with Gasteiger partial charge in [0.15, 0.2) is 0 Å². The summed E-state index contributed by atoms with van der Waals surface area (Å²) in [6.45, 7) is 2.53. The molecule has 0 saturated heterocycles. The first-order valence-electron chi connectivity index (χ1n) is 5.81. The van der Waals surface area contributed by atoms with Crippen LogP contribution in [-0.4, -0.2) is 20.9 Å². The van der Waals surface area contributed by atoms with Gasteiger partial charge in [0.05, 0.1) is 4.90 Å². The Hall–Kier alpha value is -1.47. The summed E-state index contributed by atoms with van der Waals surface area (Å²) in [5.41, 5.74) is 0.0689. The molecule has 104 valence electrons. The fourth-order valence-corrected chi connectivity index (χ4v) is 2.21. The van der Waals surface area contributed by atoms with Crippen LogP contribution in [0, 0.1) is 11.2 Å². The number of sulfonamides is 1. The molecule has 1 aliphatic carbocycles. The van der Waals surface area contributed by atoms with Gasteiger partial charge in [0.25, 0.3) is 5.91 Å². The Morgan fingerprint density at radius 2 is 2.05 bits per heavy atom. The summed E-state index contributed by atoms with van der Waals surface area (Å²) in [6, 6.07) is 2.84. The van der Waals surface area contributed by atoms with Crippen molar-refractivity contribution < 1.29 is 17.6 Å². The van der Waals surface area contributed by atoms with E-state index in [2.05, 4.69) is 5.32 Å². The summed E-state index contributed by atoms with van der Waals surface area (Å²) in [5.74, 6) is -1.31. The van der Waals surface area contributed by atoms with Gasteiger partial charge in [-0.3, -0.25) is 4.79 Å². The van der Waals surface area contributed by atoms with Crippen LogP contribution in [0.5, 0.6) is 0 Å². The lowest BCUT2D eigenvalue weighted by molar-refractivity contribution is 0.0945. The summed E-state index contributed by atoms with van der Waals surface area (Å²) in [4.78, 5) is 11.4. The van der Waals surface area contributed by atoms with E-state index < -0.39 is 26.6 Å². The molecule has 19 heavy (non-hydrogen) atoms. The van der Waals surface area contributed by atoms with E-state index in [4.69, 9.17) is 5.14 Å². The quantitative estimate of drug-likeness (QED) is 0.865. The number of benzene rings is 1. The second-order valence-electron chi connectivity index (χ2n) is 5.21. The molecule has 1 aromatic carbocycles. The molecule has 0 atom stereocenters. The first-order chi connectivity index (χ1) is 8.70. The van der Waals surface area contributed by atoms with Gasteiger partial charge in [-0.05, 0) is 36.5 Å². The molecule has 5 nitrogen and oxygen atoms in total. The minimum absolute atomic E-state index is 0.0479. The average Bonchev–Trinajstić information content (AvgIpc) is 3.03. The third-order valence-electron chi connectivity index (χ3n) is 3.24. The zero-order valence-corrected chi connectivity index (χ0v) is 11.3. The Morgan fingerprint density at radius 1 is 1.42 bits per heavy atom. The van der Waals surface area contributed by atoms with Crippen molar-refractivity contribution in [3.8, 4) is 0 Å². The van der Waals surface area contributed by atoms with E-state index in [-0.39, 0.29) is 11.0 Å². The maximum absolute atomic E-state index is 13.3. The molecule has 0 heterocycles. The fraction of sp³-hybridized carbons (Fsp3) is 0.417. The third kappa shape index (κ3) is 3.51. The third-order valence-corrected chi connectivity index (χ3v) is 4.13. The topological polar surface area (TPSA) is 89.3 Å². The van der Waals surface area contributed by atoms with Gasteiger partial charge in [0.2, 0.25) is 10.0 Å². The molecule has 0 radical (unpaired) electrons. The number of halogens is 1. The first kappa shape index (κ1) is 14.0. The van der Waals surface area contributed by atoms with Crippen LogP contribution in [0.1, 0.15) is 30.1 Å². The molecule has 1 aromatic rings. The Bertz CT molecular complexity index is 624. The molecule has 0 unspecified atom stereocenters. The van der Waals surface area contributed by atoms with Crippen LogP contribution in [-0.2, 0) is 10.0 Å². The van der Waals surface area contributed by atoms with Crippen LogP contribution < -0.4 is 10.5 Å².